The van der Waals surface area contributed by atoms with E-state index in [-0.39, 0.29) is 0 Å². The van der Waals surface area contributed by atoms with Crippen LogP contribution >= 0.6 is 27.3 Å². The first-order chi connectivity index (χ1) is 9.26. The Morgan fingerprint density at radius 2 is 2.00 bits per heavy atom. The maximum absolute atomic E-state index is 10.4. The molecule has 0 saturated heterocycles. The number of rotatable bonds is 3. The van der Waals surface area contributed by atoms with Crippen molar-refractivity contribution in [2.24, 2.45) is 5.18 Å². The first-order valence-electron chi connectivity index (χ1n) is 5.41. The smallest absolute Gasteiger partial charge is 0.148 e. The molecule has 0 amide bonds. The number of benzene rings is 1. The van der Waals surface area contributed by atoms with Crippen molar-refractivity contribution >= 4 is 43.2 Å². The second-order valence-corrected chi connectivity index (χ2v) is 6.19. The topological polar surface area (TPSA) is 51.5 Å². The number of hydrogen-bond donors (Lipinski definition) is 0. The largest absolute Gasteiger partial charge is 0.456 e. The van der Waals surface area contributed by atoms with E-state index in [0.29, 0.717) is 11.4 Å². The molecule has 6 heteroatoms. The van der Waals surface area contributed by atoms with Crippen molar-refractivity contribution in [3.05, 3.63) is 51.3 Å². The van der Waals surface area contributed by atoms with Crippen LogP contribution in [0.1, 0.15) is 0 Å². The first kappa shape index (κ1) is 12.3. The summed E-state index contributed by atoms with van der Waals surface area (Å²) in [6.07, 6.45) is 1.71. The summed E-state index contributed by atoms with van der Waals surface area (Å²) < 4.78 is 7.80. The van der Waals surface area contributed by atoms with Crippen LogP contribution in [-0.2, 0) is 0 Å². The maximum atomic E-state index is 10.4. The van der Waals surface area contributed by atoms with E-state index in [0.717, 1.165) is 19.8 Å². The Hall–Kier alpha value is -1.79. The second-order valence-electron chi connectivity index (χ2n) is 3.76. The molecule has 0 N–H and O–H groups in total. The third-order valence-electron chi connectivity index (χ3n) is 2.52. The molecule has 19 heavy (non-hydrogen) atoms. The molecule has 1 aromatic carbocycles. The van der Waals surface area contributed by atoms with Crippen LogP contribution in [0.5, 0.6) is 11.5 Å². The van der Waals surface area contributed by atoms with Gasteiger partial charge in [0, 0.05) is 12.3 Å². The lowest BCUT2D eigenvalue weighted by molar-refractivity contribution is 0.489. The molecular formula is C13H7BrN2O2S. The predicted molar refractivity (Wildman–Crippen MR) is 79.3 cm³/mol. The monoisotopic (exact) mass is 334 g/mol. The summed E-state index contributed by atoms with van der Waals surface area (Å²) in [6.45, 7) is 0. The highest BCUT2D eigenvalue weighted by Crippen LogP contribution is 2.37. The van der Waals surface area contributed by atoms with Gasteiger partial charge in [0.15, 0.2) is 0 Å². The standard InChI is InChI=1S/C13H7BrN2O2S/c14-12-7-10-13(19-12)11(5-6-15-10)18-9-3-1-8(16-17)2-4-9/h1-7H. The van der Waals surface area contributed by atoms with E-state index >= 15 is 0 Å². The number of nitroso groups, excluding NO2 is 1. The Morgan fingerprint density at radius 3 is 2.74 bits per heavy atom. The van der Waals surface area contributed by atoms with Crippen molar-refractivity contribution < 1.29 is 4.74 Å². The van der Waals surface area contributed by atoms with Crippen LogP contribution in [0.25, 0.3) is 10.2 Å². The summed E-state index contributed by atoms with van der Waals surface area (Å²) in [5.41, 5.74) is 1.27. The highest BCUT2D eigenvalue weighted by atomic mass is 79.9. The lowest BCUT2D eigenvalue weighted by Gasteiger charge is -2.06. The summed E-state index contributed by atoms with van der Waals surface area (Å²) in [5, 5.41) is 2.85. The fourth-order valence-electron chi connectivity index (χ4n) is 1.67. The lowest BCUT2D eigenvalue weighted by Crippen LogP contribution is -1.84. The highest BCUT2D eigenvalue weighted by Gasteiger charge is 2.08. The van der Waals surface area contributed by atoms with Crippen molar-refractivity contribution in [2.75, 3.05) is 0 Å². The van der Waals surface area contributed by atoms with Gasteiger partial charge in [-0.05, 0) is 51.4 Å². The van der Waals surface area contributed by atoms with Gasteiger partial charge in [0.2, 0.25) is 0 Å². The van der Waals surface area contributed by atoms with Crippen LogP contribution in [-0.4, -0.2) is 4.98 Å². The zero-order valence-corrected chi connectivity index (χ0v) is 11.9. The number of fused-ring (bicyclic) bond motifs is 1. The zero-order chi connectivity index (χ0) is 13.2. The van der Waals surface area contributed by atoms with Crippen molar-refractivity contribution in [2.45, 2.75) is 0 Å². The number of thiophene rings is 1. The lowest BCUT2D eigenvalue weighted by atomic mass is 10.3. The molecule has 0 aliphatic rings. The highest BCUT2D eigenvalue weighted by molar-refractivity contribution is 9.11. The minimum atomic E-state index is 0.381. The van der Waals surface area contributed by atoms with Crippen LogP contribution in [0.4, 0.5) is 5.69 Å². The second kappa shape index (κ2) is 5.07. The number of nitrogens with zero attached hydrogens (tertiary/aromatic N) is 2. The molecule has 2 aromatic heterocycles. The van der Waals surface area contributed by atoms with Crippen molar-refractivity contribution in [3.8, 4) is 11.5 Å². The molecule has 0 fully saturated rings. The third-order valence-corrected chi connectivity index (χ3v) is 4.16. The number of pyridine rings is 1. The fourth-order valence-corrected chi connectivity index (χ4v) is 3.16. The van der Waals surface area contributed by atoms with Gasteiger partial charge in [0.05, 0.1) is 14.0 Å². The molecule has 0 bridgehead atoms. The Kier molecular flexibility index (Phi) is 3.27. The molecule has 94 valence electrons. The molecule has 2 heterocycles. The van der Waals surface area contributed by atoms with E-state index in [1.807, 2.05) is 12.1 Å². The van der Waals surface area contributed by atoms with Crippen LogP contribution in [0, 0.1) is 4.91 Å². The van der Waals surface area contributed by atoms with Gasteiger partial charge in [-0.2, -0.15) is 0 Å². The molecule has 0 unspecified atom stereocenters. The molecule has 0 atom stereocenters. The van der Waals surface area contributed by atoms with E-state index in [1.165, 1.54) is 0 Å². The fraction of sp³-hybridized carbons (Fsp3) is 0. The van der Waals surface area contributed by atoms with Gasteiger partial charge < -0.3 is 4.74 Å². The Bertz CT molecular complexity index is 740. The van der Waals surface area contributed by atoms with Gasteiger partial charge >= 0.3 is 0 Å². The molecule has 3 aromatic rings. The Labute approximate surface area is 121 Å². The summed E-state index contributed by atoms with van der Waals surface area (Å²) >= 11 is 5.01. The van der Waals surface area contributed by atoms with E-state index in [9.17, 15) is 4.91 Å². The molecular weight excluding hydrogens is 328 g/mol. The zero-order valence-electron chi connectivity index (χ0n) is 9.54. The van der Waals surface area contributed by atoms with Crippen molar-refractivity contribution in [1.82, 2.24) is 4.98 Å². The predicted octanol–water partition coefficient (Wildman–Crippen LogP) is 5.25. The SMILES string of the molecule is O=Nc1ccc(Oc2ccnc3cc(Br)sc23)cc1. The van der Waals surface area contributed by atoms with Gasteiger partial charge in [-0.3, -0.25) is 4.98 Å². The van der Waals surface area contributed by atoms with Crippen molar-refractivity contribution in [3.63, 3.8) is 0 Å². The van der Waals surface area contributed by atoms with Crippen molar-refractivity contribution in [1.29, 1.82) is 0 Å². The normalized spacial score (nSPS) is 10.6. The number of hydrogen-bond acceptors (Lipinski definition) is 5. The summed E-state index contributed by atoms with van der Waals surface area (Å²) in [5.74, 6) is 1.40. The first-order valence-corrected chi connectivity index (χ1v) is 7.02. The van der Waals surface area contributed by atoms with E-state index < -0.39 is 0 Å². The molecule has 0 saturated carbocycles. The van der Waals surface area contributed by atoms with E-state index in [2.05, 4.69) is 26.1 Å². The quantitative estimate of drug-likeness (QED) is 0.614. The summed E-state index contributed by atoms with van der Waals surface area (Å²) in [4.78, 5) is 14.6. The van der Waals surface area contributed by atoms with Gasteiger partial charge in [0.1, 0.15) is 17.2 Å². The minimum absolute atomic E-state index is 0.381. The number of ether oxygens (including phenoxy) is 1. The van der Waals surface area contributed by atoms with Crippen LogP contribution in [0.2, 0.25) is 0 Å². The number of aromatic nitrogens is 1. The van der Waals surface area contributed by atoms with Crippen LogP contribution < -0.4 is 4.74 Å². The van der Waals surface area contributed by atoms with Gasteiger partial charge in [0.25, 0.3) is 0 Å². The third kappa shape index (κ3) is 2.50. The Balaban J connectivity index is 1.97. The van der Waals surface area contributed by atoms with E-state index in [1.54, 1.807) is 41.8 Å². The van der Waals surface area contributed by atoms with Crippen LogP contribution in [0.3, 0.4) is 0 Å². The molecule has 0 spiro atoms. The Morgan fingerprint density at radius 1 is 1.21 bits per heavy atom. The molecule has 3 rings (SSSR count). The van der Waals surface area contributed by atoms with Gasteiger partial charge in [-0.25, -0.2) is 0 Å². The molecule has 4 nitrogen and oxygen atoms in total. The molecule has 0 radical (unpaired) electrons. The summed E-state index contributed by atoms with van der Waals surface area (Å²) in [7, 11) is 0. The molecule has 0 aliphatic heterocycles. The van der Waals surface area contributed by atoms with Gasteiger partial charge in [-0.1, -0.05) is 0 Å². The minimum Gasteiger partial charge on any atom is -0.456 e. The van der Waals surface area contributed by atoms with E-state index in [4.69, 9.17) is 4.74 Å². The van der Waals surface area contributed by atoms with Gasteiger partial charge in [-0.15, -0.1) is 16.2 Å². The average molecular weight is 335 g/mol. The molecule has 0 aliphatic carbocycles. The maximum Gasteiger partial charge on any atom is 0.148 e. The summed E-state index contributed by atoms with van der Waals surface area (Å²) in [6, 6.07) is 10.4. The average Bonchev–Trinajstić information content (AvgIpc) is 2.81. The number of halogens is 1. The van der Waals surface area contributed by atoms with Crippen LogP contribution in [0.15, 0.2) is 51.6 Å².